The van der Waals surface area contributed by atoms with E-state index in [0.717, 1.165) is 35.2 Å². The standard InChI is InChI=1S/C10H10BrNO.C7H6BrI.C3H5NO/c1-7-6-8(2-3-9(7)11)12-5-4-10(12)13;1-5-4-6(9)2-3-7(5)8;5-3-1-2-4-3/h2-3,6H,4-5H2,1H3;2-4H,1H3;1-2H2,(H,4,5). The van der Waals surface area contributed by atoms with Gasteiger partial charge in [-0.2, -0.15) is 0 Å². The number of benzene rings is 2. The Morgan fingerprint density at radius 2 is 1.52 bits per heavy atom. The van der Waals surface area contributed by atoms with Crippen LogP contribution in [-0.2, 0) is 9.59 Å². The Labute approximate surface area is 190 Å². The highest BCUT2D eigenvalue weighted by Gasteiger charge is 2.25. The Morgan fingerprint density at radius 3 is 1.85 bits per heavy atom. The second kappa shape index (κ2) is 10.6. The molecule has 0 spiro atoms. The van der Waals surface area contributed by atoms with Crippen molar-refractivity contribution in [3.63, 3.8) is 0 Å². The molecule has 2 aromatic carbocycles. The number of rotatable bonds is 1. The SMILES string of the molecule is Cc1cc(I)ccc1Br.Cc1cc(N2CCC2=O)ccc1Br.O=C1CCN1. The van der Waals surface area contributed by atoms with Crippen LogP contribution in [0, 0.1) is 17.4 Å². The summed E-state index contributed by atoms with van der Waals surface area (Å²) >= 11 is 9.16. The third-order valence-electron chi connectivity index (χ3n) is 4.10. The average Bonchev–Trinajstić information content (AvgIpc) is 2.59. The van der Waals surface area contributed by atoms with Crippen LogP contribution in [0.5, 0.6) is 0 Å². The quantitative estimate of drug-likeness (QED) is 0.351. The molecule has 144 valence electrons. The third-order valence-corrected chi connectivity index (χ3v) is 6.55. The maximum Gasteiger partial charge on any atom is 0.228 e. The maximum absolute atomic E-state index is 11.1. The molecule has 0 atom stereocenters. The first kappa shape index (κ1) is 22.4. The Bertz CT molecular complexity index is 837. The summed E-state index contributed by atoms with van der Waals surface area (Å²) in [7, 11) is 0. The van der Waals surface area contributed by atoms with Crippen LogP contribution in [0.3, 0.4) is 0 Å². The third kappa shape index (κ3) is 6.87. The number of carbonyl (C=O) groups excluding carboxylic acids is 2. The lowest BCUT2D eigenvalue weighted by molar-refractivity contribution is -0.125. The van der Waals surface area contributed by atoms with E-state index in [4.69, 9.17) is 0 Å². The molecule has 2 saturated heterocycles. The fourth-order valence-corrected chi connectivity index (χ4v) is 3.36. The average molecular weight is 608 g/mol. The number of carbonyl (C=O) groups is 2. The van der Waals surface area contributed by atoms with Crippen LogP contribution in [0.15, 0.2) is 45.3 Å². The molecule has 0 radical (unpaired) electrons. The van der Waals surface area contributed by atoms with Crippen molar-refractivity contribution in [2.45, 2.75) is 26.7 Å². The molecule has 2 aromatic rings. The number of nitrogens with zero attached hydrogens (tertiary/aromatic N) is 1. The minimum absolute atomic E-state index is 0.185. The highest BCUT2D eigenvalue weighted by Crippen LogP contribution is 2.26. The van der Waals surface area contributed by atoms with Gasteiger partial charge in [-0.1, -0.05) is 31.9 Å². The monoisotopic (exact) mass is 606 g/mol. The van der Waals surface area contributed by atoms with Crippen molar-refractivity contribution < 1.29 is 9.59 Å². The predicted octanol–water partition coefficient (Wildman–Crippen LogP) is 5.36. The molecule has 4 nitrogen and oxygen atoms in total. The van der Waals surface area contributed by atoms with Gasteiger partial charge in [-0.15, -0.1) is 0 Å². The van der Waals surface area contributed by atoms with Gasteiger partial charge in [0.05, 0.1) is 0 Å². The van der Waals surface area contributed by atoms with Crippen molar-refractivity contribution in [2.75, 3.05) is 18.0 Å². The van der Waals surface area contributed by atoms with E-state index in [9.17, 15) is 9.59 Å². The summed E-state index contributed by atoms with van der Waals surface area (Å²) in [6.07, 6.45) is 1.43. The molecule has 0 unspecified atom stereocenters. The number of amides is 2. The fourth-order valence-electron chi connectivity index (χ4n) is 2.22. The topological polar surface area (TPSA) is 49.4 Å². The van der Waals surface area contributed by atoms with Gasteiger partial charge in [0, 0.05) is 44.1 Å². The zero-order valence-corrected chi connectivity index (χ0v) is 20.5. The Kier molecular flexibility index (Phi) is 8.75. The van der Waals surface area contributed by atoms with Crippen molar-refractivity contribution >= 4 is 72.0 Å². The van der Waals surface area contributed by atoms with E-state index in [2.05, 4.69) is 84.9 Å². The maximum atomic E-state index is 11.1. The van der Waals surface area contributed by atoms with E-state index in [1.54, 1.807) is 4.90 Å². The molecule has 2 heterocycles. The highest BCUT2D eigenvalue weighted by molar-refractivity contribution is 14.1. The number of β-lactam (4-membered cyclic amide) rings is 2. The second-order valence-corrected chi connectivity index (χ2v) is 9.18. The minimum atomic E-state index is 0.185. The molecule has 0 aliphatic carbocycles. The highest BCUT2D eigenvalue weighted by atomic mass is 127. The van der Waals surface area contributed by atoms with Crippen LogP contribution < -0.4 is 10.2 Å². The summed E-state index contributed by atoms with van der Waals surface area (Å²) in [5.41, 5.74) is 3.47. The summed E-state index contributed by atoms with van der Waals surface area (Å²) in [5, 5.41) is 2.57. The van der Waals surface area contributed by atoms with E-state index in [1.165, 1.54) is 13.6 Å². The molecule has 2 fully saturated rings. The van der Waals surface area contributed by atoms with Crippen LogP contribution in [0.25, 0.3) is 0 Å². The van der Waals surface area contributed by atoms with Crippen molar-refractivity contribution in [2.24, 2.45) is 0 Å². The summed E-state index contributed by atoms with van der Waals surface area (Å²) < 4.78 is 3.56. The van der Waals surface area contributed by atoms with Crippen LogP contribution in [0.4, 0.5) is 5.69 Å². The van der Waals surface area contributed by atoms with Crippen molar-refractivity contribution in [1.29, 1.82) is 0 Å². The minimum Gasteiger partial charge on any atom is -0.356 e. The summed E-state index contributed by atoms with van der Waals surface area (Å²) in [6.45, 7) is 5.86. The van der Waals surface area contributed by atoms with Crippen LogP contribution >= 0.6 is 54.5 Å². The van der Waals surface area contributed by atoms with Gasteiger partial charge in [-0.05, 0) is 84.0 Å². The van der Waals surface area contributed by atoms with Gasteiger partial charge >= 0.3 is 0 Å². The molecular formula is C20H21Br2IN2O2. The first-order chi connectivity index (χ1) is 12.8. The molecule has 0 saturated carbocycles. The van der Waals surface area contributed by atoms with E-state index in [0.29, 0.717) is 6.42 Å². The number of hydrogen-bond donors (Lipinski definition) is 1. The Hall–Kier alpha value is -0.930. The number of aryl methyl sites for hydroxylation is 2. The molecule has 0 bridgehead atoms. The lowest BCUT2D eigenvalue weighted by Gasteiger charge is -2.30. The molecule has 2 aliphatic heterocycles. The Morgan fingerprint density at radius 1 is 0.963 bits per heavy atom. The molecule has 1 N–H and O–H groups in total. The molecule has 2 aliphatic rings. The number of nitrogens with one attached hydrogen (secondary N) is 1. The molecule has 4 rings (SSSR count). The van der Waals surface area contributed by atoms with Gasteiger partial charge in [0.1, 0.15) is 0 Å². The van der Waals surface area contributed by atoms with Crippen molar-refractivity contribution in [1.82, 2.24) is 5.32 Å². The normalized spacial score (nSPS) is 14.6. The van der Waals surface area contributed by atoms with E-state index >= 15 is 0 Å². The zero-order chi connectivity index (χ0) is 20.0. The first-order valence-electron chi connectivity index (χ1n) is 8.53. The zero-order valence-electron chi connectivity index (χ0n) is 15.2. The predicted molar refractivity (Wildman–Crippen MR) is 125 cm³/mol. The van der Waals surface area contributed by atoms with E-state index in [-0.39, 0.29) is 11.8 Å². The first-order valence-corrected chi connectivity index (χ1v) is 11.2. The smallest absolute Gasteiger partial charge is 0.228 e. The van der Waals surface area contributed by atoms with E-state index < -0.39 is 0 Å². The number of halogens is 3. The van der Waals surface area contributed by atoms with Crippen LogP contribution in [0.2, 0.25) is 0 Å². The molecule has 2 amide bonds. The number of anilines is 1. The van der Waals surface area contributed by atoms with E-state index in [1.807, 2.05) is 25.1 Å². The molecule has 7 heteroatoms. The lowest BCUT2D eigenvalue weighted by atomic mass is 10.1. The Balaban J connectivity index is 0.000000161. The number of hydrogen-bond acceptors (Lipinski definition) is 2. The molecule has 27 heavy (non-hydrogen) atoms. The fraction of sp³-hybridized carbons (Fsp3) is 0.300. The summed E-state index contributed by atoms with van der Waals surface area (Å²) in [4.78, 5) is 22.7. The van der Waals surface area contributed by atoms with Crippen LogP contribution in [0.1, 0.15) is 24.0 Å². The van der Waals surface area contributed by atoms with Crippen LogP contribution in [-0.4, -0.2) is 24.9 Å². The van der Waals surface area contributed by atoms with Gasteiger partial charge in [0.15, 0.2) is 0 Å². The van der Waals surface area contributed by atoms with Gasteiger partial charge in [-0.3, -0.25) is 9.59 Å². The second-order valence-electron chi connectivity index (χ2n) is 6.22. The van der Waals surface area contributed by atoms with Crippen molar-refractivity contribution in [3.05, 3.63) is 60.0 Å². The molecular weight excluding hydrogens is 587 g/mol. The van der Waals surface area contributed by atoms with Crippen molar-refractivity contribution in [3.8, 4) is 0 Å². The summed E-state index contributed by atoms with van der Waals surface area (Å²) in [6, 6.07) is 12.3. The molecule has 0 aromatic heterocycles. The van der Waals surface area contributed by atoms with Gasteiger partial charge in [0.2, 0.25) is 11.8 Å². The lowest BCUT2D eigenvalue weighted by Crippen LogP contribution is -2.43. The van der Waals surface area contributed by atoms with Gasteiger partial charge < -0.3 is 10.2 Å². The van der Waals surface area contributed by atoms with Gasteiger partial charge in [-0.25, -0.2) is 0 Å². The summed E-state index contributed by atoms with van der Waals surface area (Å²) in [5.74, 6) is 0.409. The van der Waals surface area contributed by atoms with Gasteiger partial charge in [0.25, 0.3) is 0 Å². The largest absolute Gasteiger partial charge is 0.356 e.